The van der Waals surface area contributed by atoms with Crippen molar-refractivity contribution in [2.24, 2.45) is 0 Å². The van der Waals surface area contributed by atoms with Gasteiger partial charge in [0, 0.05) is 11.8 Å². The van der Waals surface area contributed by atoms with Crippen LogP contribution in [0.5, 0.6) is 0 Å². The lowest BCUT2D eigenvalue weighted by atomic mass is 9.87. The van der Waals surface area contributed by atoms with Crippen LogP contribution in [0.2, 0.25) is 0 Å². The van der Waals surface area contributed by atoms with Crippen LogP contribution in [0.25, 0.3) is 0 Å². The van der Waals surface area contributed by atoms with Crippen LogP contribution in [0.4, 0.5) is 11.5 Å². The monoisotopic (exact) mass is 375 g/mol. The largest absolute Gasteiger partial charge is 0.360 e. The number of nitrogens with one attached hydrogen (secondary N) is 2. The zero-order valence-corrected chi connectivity index (χ0v) is 16.6. The molecule has 2 aromatic rings. The van der Waals surface area contributed by atoms with Crippen molar-refractivity contribution in [2.45, 2.75) is 45.3 Å². The summed E-state index contributed by atoms with van der Waals surface area (Å²) in [5.41, 5.74) is 2.03. The lowest BCUT2D eigenvalue weighted by molar-refractivity contribution is -0.115. The first kappa shape index (κ1) is 20.0. The van der Waals surface area contributed by atoms with Gasteiger partial charge in [-0.2, -0.15) is 0 Å². The summed E-state index contributed by atoms with van der Waals surface area (Å²) in [4.78, 5) is 24.2. The topological polar surface area (TPSA) is 84.2 Å². The molecule has 0 aliphatic heterocycles. The second-order valence-electron chi connectivity index (χ2n) is 7.14. The molecule has 1 heterocycles. The lowest BCUT2D eigenvalue weighted by Crippen LogP contribution is -2.25. The Kier molecular flexibility index (Phi) is 6.47. The quantitative estimate of drug-likeness (QED) is 0.798. The van der Waals surface area contributed by atoms with Crippen molar-refractivity contribution in [1.82, 2.24) is 5.16 Å². The number of nitrogens with zero attached hydrogens (tertiary/aromatic N) is 1. The van der Waals surface area contributed by atoms with Crippen LogP contribution in [0.1, 0.15) is 39.0 Å². The van der Waals surface area contributed by atoms with Crippen molar-refractivity contribution in [3.63, 3.8) is 0 Å². The number of thioether (sulfide) groups is 1. The molecule has 140 valence electrons. The summed E-state index contributed by atoms with van der Waals surface area (Å²) in [7, 11) is 0. The van der Waals surface area contributed by atoms with E-state index < -0.39 is 0 Å². The number of rotatable bonds is 6. The van der Waals surface area contributed by atoms with Gasteiger partial charge in [-0.25, -0.2) is 0 Å². The maximum Gasteiger partial charge on any atom is 0.238 e. The Hall–Kier alpha value is -2.28. The number of aromatic nitrogens is 1. The van der Waals surface area contributed by atoms with Crippen molar-refractivity contribution in [3.05, 3.63) is 41.7 Å². The minimum atomic E-state index is -0.388. The van der Waals surface area contributed by atoms with Crippen molar-refractivity contribution in [3.8, 4) is 0 Å². The fourth-order valence-corrected chi connectivity index (χ4v) is 2.86. The van der Waals surface area contributed by atoms with E-state index in [1.807, 2.05) is 24.3 Å². The predicted octanol–water partition coefficient (Wildman–Crippen LogP) is 3.98. The van der Waals surface area contributed by atoms with Crippen molar-refractivity contribution in [1.29, 1.82) is 0 Å². The summed E-state index contributed by atoms with van der Waals surface area (Å²) >= 11 is 1.26. The van der Waals surface area contributed by atoms with Crippen LogP contribution in [-0.4, -0.2) is 28.0 Å². The van der Waals surface area contributed by atoms with Gasteiger partial charge in [0.2, 0.25) is 11.8 Å². The van der Waals surface area contributed by atoms with Crippen LogP contribution in [-0.2, 0) is 15.0 Å². The Labute approximate surface area is 158 Å². The number of hydrogen-bond donors (Lipinski definition) is 2. The second-order valence-corrected chi connectivity index (χ2v) is 8.47. The van der Waals surface area contributed by atoms with Crippen molar-refractivity contribution in [2.75, 3.05) is 16.4 Å². The number of hydrogen-bond acceptors (Lipinski definition) is 5. The molecule has 2 amide bonds. The number of aryl methyl sites for hydroxylation is 1. The third-order valence-electron chi connectivity index (χ3n) is 3.75. The molecule has 0 bridgehead atoms. The molecule has 0 unspecified atom stereocenters. The molecule has 0 aliphatic rings. The molecule has 6 nitrogen and oxygen atoms in total. The van der Waals surface area contributed by atoms with Crippen LogP contribution >= 0.6 is 11.8 Å². The summed E-state index contributed by atoms with van der Waals surface area (Å²) in [5.74, 6) is 0.829. The average molecular weight is 375 g/mol. The van der Waals surface area contributed by atoms with Gasteiger partial charge in [-0.3, -0.25) is 9.59 Å². The van der Waals surface area contributed by atoms with E-state index in [0.29, 0.717) is 11.6 Å². The first-order valence-corrected chi connectivity index (χ1v) is 9.46. The van der Waals surface area contributed by atoms with Crippen molar-refractivity contribution < 1.29 is 14.1 Å². The Balaban J connectivity index is 1.79. The SMILES string of the molecule is Cc1cc(NC(=O)[C@@H](C)SCC(=O)Nc2ccc(C(C)(C)C)cc2)no1. The fourth-order valence-electron chi connectivity index (χ4n) is 2.18. The van der Waals surface area contributed by atoms with Gasteiger partial charge in [0.1, 0.15) is 5.76 Å². The molecule has 2 rings (SSSR count). The highest BCUT2D eigenvalue weighted by Crippen LogP contribution is 2.23. The van der Waals surface area contributed by atoms with Gasteiger partial charge in [0.25, 0.3) is 0 Å². The van der Waals surface area contributed by atoms with E-state index in [2.05, 4.69) is 36.6 Å². The molecule has 2 N–H and O–H groups in total. The fraction of sp³-hybridized carbons (Fsp3) is 0.421. The summed E-state index contributed by atoms with van der Waals surface area (Å²) in [5, 5.41) is 8.84. The lowest BCUT2D eigenvalue weighted by Gasteiger charge is -2.19. The Morgan fingerprint density at radius 2 is 1.85 bits per heavy atom. The number of amides is 2. The van der Waals surface area contributed by atoms with E-state index in [0.717, 1.165) is 5.69 Å². The minimum Gasteiger partial charge on any atom is -0.360 e. The zero-order valence-electron chi connectivity index (χ0n) is 15.8. The maximum atomic E-state index is 12.1. The zero-order chi connectivity index (χ0) is 19.3. The molecule has 0 saturated heterocycles. The van der Waals surface area contributed by atoms with E-state index in [9.17, 15) is 9.59 Å². The van der Waals surface area contributed by atoms with Gasteiger partial charge >= 0.3 is 0 Å². The molecule has 1 aromatic carbocycles. The average Bonchev–Trinajstić information content (AvgIpc) is 2.97. The highest BCUT2D eigenvalue weighted by Gasteiger charge is 2.17. The molecule has 0 saturated carbocycles. The molecule has 1 atom stereocenters. The summed E-state index contributed by atoms with van der Waals surface area (Å²) < 4.78 is 4.90. The van der Waals surface area contributed by atoms with Crippen LogP contribution in [0, 0.1) is 6.92 Å². The Bertz CT molecular complexity index is 763. The predicted molar refractivity (Wildman–Crippen MR) is 106 cm³/mol. The third kappa shape index (κ3) is 5.91. The Morgan fingerprint density at radius 1 is 1.19 bits per heavy atom. The number of carbonyl (C=O) groups excluding carboxylic acids is 2. The van der Waals surface area contributed by atoms with Gasteiger partial charge in [-0.15, -0.1) is 11.8 Å². The molecule has 26 heavy (non-hydrogen) atoms. The number of benzene rings is 1. The molecule has 0 spiro atoms. The van der Waals surface area contributed by atoms with E-state index in [1.165, 1.54) is 17.3 Å². The molecule has 7 heteroatoms. The standard InChI is InChI=1S/C19H25N3O3S/c1-12-10-16(22-25-12)21-18(24)13(2)26-11-17(23)20-15-8-6-14(7-9-15)19(3,4)5/h6-10,13H,11H2,1-5H3,(H,20,23)(H,21,22,24)/t13-/m1/s1. The summed E-state index contributed by atoms with van der Waals surface area (Å²) in [6, 6.07) is 9.46. The molecule has 1 aromatic heterocycles. The van der Waals surface area contributed by atoms with Gasteiger partial charge in [-0.05, 0) is 37.0 Å². The van der Waals surface area contributed by atoms with Crippen LogP contribution in [0.3, 0.4) is 0 Å². The molecule has 0 radical (unpaired) electrons. The Morgan fingerprint density at radius 3 is 2.38 bits per heavy atom. The van der Waals surface area contributed by atoms with Crippen LogP contribution < -0.4 is 10.6 Å². The van der Waals surface area contributed by atoms with Gasteiger partial charge in [0.05, 0.1) is 11.0 Å². The first-order valence-electron chi connectivity index (χ1n) is 8.41. The van der Waals surface area contributed by atoms with Crippen LogP contribution in [0.15, 0.2) is 34.9 Å². The second kappa shape index (κ2) is 8.40. The van der Waals surface area contributed by atoms with E-state index in [-0.39, 0.29) is 28.2 Å². The van der Waals surface area contributed by atoms with Crippen molar-refractivity contribution >= 4 is 35.1 Å². The van der Waals surface area contributed by atoms with E-state index in [4.69, 9.17) is 4.52 Å². The number of carbonyl (C=O) groups is 2. The normalized spacial score (nSPS) is 12.5. The summed E-state index contributed by atoms with van der Waals surface area (Å²) in [6.07, 6.45) is 0. The highest BCUT2D eigenvalue weighted by atomic mass is 32.2. The highest BCUT2D eigenvalue weighted by molar-refractivity contribution is 8.01. The molecular formula is C19H25N3O3S. The molecule has 0 fully saturated rings. The van der Waals surface area contributed by atoms with E-state index in [1.54, 1.807) is 19.9 Å². The molecule has 0 aliphatic carbocycles. The van der Waals surface area contributed by atoms with Gasteiger partial charge in [0.15, 0.2) is 5.82 Å². The molecular weight excluding hydrogens is 350 g/mol. The summed E-state index contributed by atoms with van der Waals surface area (Å²) in [6.45, 7) is 9.93. The smallest absolute Gasteiger partial charge is 0.238 e. The van der Waals surface area contributed by atoms with Gasteiger partial charge < -0.3 is 15.2 Å². The first-order chi connectivity index (χ1) is 12.1. The number of anilines is 2. The van der Waals surface area contributed by atoms with Gasteiger partial charge in [-0.1, -0.05) is 38.1 Å². The van der Waals surface area contributed by atoms with E-state index >= 15 is 0 Å². The maximum absolute atomic E-state index is 12.1. The minimum absolute atomic E-state index is 0.0730. The third-order valence-corrected chi connectivity index (χ3v) is 4.89.